The van der Waals surface area contributed by atoms with Crippen LogP contribution in [-0.2, 0) is 13.1 Å². The van der Waals surface area contributed by atoms with E-state index >= 15 is 0 Å². The molecule has 1 heterocycles. The summed E-state index contributed by atoms with van der Waals surface area (Å²) in [6, 6.07) is 14.5. The van der Waals surface area contributed by atoms with Gasteiger partial charge in [0, 0.05) is 25.8 Å². The fourth-order valence-electron chi connectivity index (χ4n) is 2.99. The lowest BCUT2D eigenvalue weighted by Gasteiger charge is -2.18. The predicted molar refractivity (Wildman–Crippen MR) is 111 cm³/mol. The fourth-order valence-corrected chi connectivity index (χ4v) is 3.21. The molecule has 1 aromatic heterocycles. The van der Waals surface area contributed by atoms with Gasteiger partial charge in [-0.15, -0.1) is 0 Å². The number of aromatic nitrogens is 2. The first kappa shape index (κ1) is 20.4. The third-order valence-corrected chi connectivity index (χ3v) is 4.79. The van der Waals surface area contributed by atoms with Gasteiger partial charge in [-0.3, -0.25) is 9.59 Å². The van der Waals surface area contributed by atoms with Gasteiger partial charge in [0.2, 0.25) is 0 Å². The number of halogens is 1. The van der Waals surface area contributed by atoms with Crippen molar-refractivity contribution >= 4 is 23.4 Å². The van der Waals surface area contributed by atoms with Gasteiger partial charge in [0.25, 0.3) is 11.8 Å². The number of imidazole rings is 1. The van der Waals surface area contributed by atoms with E-state index in [9.17, 15) is 14.4 Å². The van der Waals surface area contributed by atoms with Crippen LogP contribution in [0, 0.1) is 6.92 Å². The zero-order valence-electron chi connectivity index (χ0n) is 16.1. The molecule has 2 amide bonds. The summed E-state index contributed by atoms with van der Waals surface area (Å²) in [5, 5.41) is 3.19. The maximum absolute atomic E-state index is 12.6. The van der Waals surface area contributed by atoms with E-state index in [2.05, 4.69) is 15.3 Å². The van der Waals surface area contributed by atoms with Gasteiger partial charge in [-0.25, -0.2) is 4.79 Å². The number of carbonyl (C=O) groups is 2. The Kier molecular flexibility index (Phi) is 6.19. The van der Waals surface area contributed by atoms with Gasteiger partial charge in [-0.1, -0.05) is 48.0 Å². The normalized spacial score (nSPS) is 10.6. The van der Waals surface area contributed by atoms with Crippen LogP contribution in [0.1, 0.15) is 37.7 Å². The molecule has 8 heteroatoms. The Balaban J connectivity index is 1.64. The largest absolute Gasteiger partial charge is 0.347 e. The smallest absolute Gasteiger partial charge is 0.323 e. The second kappa shape index (κ2) is 8.79. The molecule has 0 radical (unpaired) electrons. The number of hydrogen-bond donors (Lipinski definition) is 3. The second-order valence-electron chi connectivity index (χ2n) is 6.72. The summed E-state index contributed by atoms with van der Waals surface area (Å²) < 4.78 is 0. The van der Waals surface area contributed by atoms with Crippen molar-refractivity contribution in [2.75, 3.05) is 7.05 Å². The van der Waals surface area contributed by atoms with Crippen molar-refractivity contribution in [1.82, 2.24) is 20.2 Å². The zero-order valence-corrected chi connectivity index (χ0v) is 16.8. The van der Waals surface area contributed by atoms with E-state index in [-0.39, 0.29) is 17.5 Å². The first-order valence-corrected chi connectivity index (χ1v) is 9.38. The summed E-state index contributed by atoms with van der Waals surface area (Å²) in [6.45, 7) is 2.34. The van der Waals surface area contributed by atoms with E-state index < -0.39 is 5.69 Å². The number of hydrogen-bond acceptors (Lipinski definition) is 3. The molecule has 3 N–H and O–H groups in total. The topological polar surface area (TPSA) is 98.1 Å². The molecular formula is C21H21ClN4O3. The highest BCUT2D eigenvalue weighted by Gasteiger charge is 2.15. The molecular weight excluding hydrogens is 392 g/mol. The third-order valence-electron chi connectivity index (χ3n) is 4.46. The van der Waals surface area contributed by atoms with Crippen molar-refractivity contribution in [3.05, 3.63) is 92.1 Å². The zero-order chi connectivity index (χ0) is 21.0. The van der Waals surface area contributed by atoms with Gasteiger partial charge in [-0.05, 0) is 30.2 Å². The van der Waals surface area contributed by atoms with Crippen molar-refractivity contribution in [2.45, 2.75) is 20.0 Å². The summed E-state index contributed by atoms with van der Waals surface area (Å²) in [5.41, 5.74) is 2.55. The number of H-pyrrole nitrogens is 2. The van der Waals surface area contributed by atoms with Crippen LogP contribution in [0.5, 0.6) is 0 Å². The van der Waals surface area contributed by atoms with Crippen LogP contribution in [0.2, 0.25) is 5.02 Å². The van der Waals surface area contributed by atoms with Crippen LogP contribution in [-0.4, -0.2) is 33.7 Å². The Morgan fingerprint density at radius 1 is 1.07 bits per heavy atom. The van der Waals surface area contributed by atoms with Gasteiger partial charge in [-0.2, -0.15) is 0 Å². The molecule has 0 saturated carbocycles. The summed E-state index contributed by atoms with van der Waals surface area (Å²) in [4.78, 5) is 42.7. The Morgan fingerprint density at radius 3 is 2.48 bits per heavy atom. The summed E-state index contributed by atoms with van der Waals surface area (Å²) >= 11 is 6.11. The SMILES string of the molecule is Cc1[nH]c(=O)[nH]c1C(=O)NCc1cccc(CN(C)C(=O)c2ccccc2Cl)c1. The maximum atomic E-state index is 12.6. The molecule has 0 aliphatic rings. The van der Waals surface area contributed by atoms with Crippen LogP contribution in [0.3, 0.4) is 0 Å². The number of aromatic amines is 2. The molecule has 0 fully saturated rings. The Morgan fingerprint density at radius 2 is 1.79 bits per heavy atom. The van der Waals surface area contributed by atoms with Gasteiger partial charge < -0.3 is 20.2 Å². The molecule has 0 saturated heterocycles. The lowest BCUT2D eigenvalue weighted by Crippen LogP contribution is -2.27. The fraction of sp³-hybridized carbons (Fsp3) is 0.190. The van der Waals surface area contributed by atoms with Gasteiger partial charge in [0.1, 0.15) is 5.69 Å². The van der Waals surface area contributed by atoms with E-state index in [1.54, 1.807) is 43.1 Å². The Bertz CT molecular complexity index is 1100. The van der Waals surface area contributed by atoms with E-state index in [1.165, 1.54) is 0 Å². The van der Waals surface area contributed by atoms with Crippen molar-refractivity contribution in [3.63, 3.8) is 0 Å². The first-order chi connectivity index (χ1) is 13.8. The van der Waals surface area contributed by atoms with Crippen molar-refractivity contribution in [1.29, 1.82) is 0 Å². The van der Waals surface area contributed by atoms with Crippen LogP contribution in [0.25, 0.3) is 0 Å². The first-order valence-electron chi connectivity index (χ1n) is 9.00. The Labute approximate surface area is 172 Å². The van der Waals surface area contributed by atoms with Crippen molar-refractivity contribution in [3.8, 4) is 0 Å². The monoisotopic (exact) mass is 412 g/mol. The summed E-state index contributed by atoms with van der Waals surface area (Å²) in [5.74, 6) is -0.529. The molecule has 0 aliphatic carbocycles. The number of rotatable bonds is 6. The highest BCUT2D eigenvalue weighted by atomic mass is 35.5. The number of amides is 2. The second-order valence-corrected chi connectivity index (χ2v) is 7.13. The number of nitrogens with zero attached hydrogens (tertiary/aromatic N) is 1. The van der Waals surface area contributed by atoms with E-state index in [0.717, 1.165) is 11.1 Å². The van der Waals surface area contributed by atoms with E-state index in [0.29, 0.717) is 29.4 Å². The molecule has 7 nitrogen and oxygen atoms in total. The lowest BCUT2D eigenvalue weighted by molar-refractivity contribution is 0.0785. The summed E-state index contributed by atoms with van der Waals surface area (Å²) in [6.07, 6.45) is 0. The molecule has 0 atom stereocenters. The molecule has 0 bridgehead atoms. The lowest BCUT2D eigenvalue weighted by atomic mass is 10.1. The molecule has 29 heavy (non-hydrogen) atoms. The maximum Gasteiger partial charge on any atom is 0.323 e. The number of aryl methyl sites for hydroxylation is 1. The highest BCUT2D eigenvalue weighted by Crippen LogP contribution is 2.18. The molecule has 150 valence electrons. The van der Waals surface area contributed by atoms with Crippen molar-refractivity contribution in [2.24, 2.45) is 0 Å². The van der Waals surface area contributed by atoms with Crippen LogP contribution >= 0.6 is 11.6 Å². The molecule has 0 aliphatic heterocycles. The van der Waals surface area contributed by atoms with Crippen LogP contribution < -0.4 is 11.0 Å². The average molecular weight is 413 g/mol. The van der Waals surface area contributed by atoms with Gasteiger partial charge in [0.05, 0.1) is 10.6 Å². The van der Waals surface area contributed by atoms with Gasteiger partial charge in [0.15, 0.2) is 0 Å². The highest BCUT2D eigenvalue weighted by molar-refractivity contribution is 6.33. The van der Waals surface area contributed by atoms with Crippen molar-refractivity contribution < 1.29 is 9.59 Å². The number of nitrogens with one attached hydrogen (secondary N) is 3. The van der Waals surface area contributed by atoms with E-state index in [1.807, 2.05) is 24.3 Å². The van der Waals surface area contributed by atoms with E-state index in [4.69, 9.17) is 11.6 Å². The summed E-state index contributed by atoms with van der Waals surface area (Å²) in [7, 11) is 1.71. The average Bonchev–Trinajstić information content (AvgIpc) is 3.04. The molecule has 0 spiro atoms. The molecule has 3 aromatic rings. The molecule has 2 aromatic carbocycles. The quantitative estimate of drug-likeness (QED) is 0.580. The van der Waals surface area contributed by atoms with Crippen LogP contribution in [0.4, 0.5) is 0 Å². The predicted octanol–water partition coefficient (Wildman–Crippen LogP) is 2.87. The minimum atomic E-state index is -0.416. The number of carbonyl (C=O) groups excluding carboxylic acids is 2. The minimum Gasteiger partial charge on any atom is -0.347 e. The molecule has 0 unspecified atom stereocenters. The molecule has 3 rings (SSSR count). The number of benzene rings is 2. The Hall–Kier alpha value is -3.32. The standard InChI is InChI=1S/C21H21ClN4O3/c1-13-18(25-21(29)24-13)19(27)23-11-14-6-5-7-15(10-14)12-26(2)20(28)16-8-3-4-9-17(16)22/h3-10H,11-12H2,1-2H3,(H,23,27)(H2,24,25,29). The van der Waals surface area contributed by atoms with Crippen LogP contribution in [0.15, 0.2) is 53.3 Å². The van der Waals surface area contributed by atoms with Gasteiger partial charge >= 0.3 is 5.69 Å². The minimum absolute atomic E-state index is 0.166. The third kappa shape index (κ3) is 4.94.